The number of anilines is 1. The zero-order valence-corrected chi connectivity index (χ0v) is 10.8. The zero-order valence-electron chi connectivity index (χ0n) is 10.8. The Bertz CT molecular complexity index is 490. The molecule has 0 amide bonds. The summed E-state index contributed by atoms with van der Waals surface area (Å²) >= 11 is 0. The number of halogens is 6. The van der Waals surface area contributed by atoms with Crippen LogP contribution in [0.15, 0.2) is 24.3 Å². The average molecular weight is 313 g/mol. The number of aliphatic hydroxyl groups is 1. The molecule has 0 saturated carbocycles. The molecule has 1 saturated heterocycles. The van der Waals surface area contributed by atoms with Crippen molar-refractivity contribution < 1.29 is 31.4 Å². The molecule has 0 spiro atoms. The summed E-state index contributed by atoms with van der Waals surface area (Å²) in [6.45, 7) is 1.14. The maximum absolute atomic E-state index is 12.8. The first-order valence-electron chi connectivity index (χ1n) is 6.28. The molecule has 1 N–H and O–H groups in total. The minimum atomic E-state index is -5.85. The van der Waals surface area contributed by atoms with Crippen molar-refractivity contribution in [3.05, 3.63) is 29.8 Å². The van der Waals surface area contributed by atoms with Crippen LogP contribution in [0, 0.1) is 0 Å². The largest absolute Gasteiger partial charge is 0.430 e. The second-order valence-corrected chi connectivity index (χ2v) is 4.95. The average Bonchev–Trinajstić information content (AvgIpc) is 2.89. The Morgan fingerprint density at radius 1 is 0.905 bits per heavy atom. The highest BCUT2D eigenvalue weighted by Gasteiger charge is 2.71. The van der Waals surface area contributed by atoms with E-state index in [2.05, 4.69) is 0 Å². The van der Waals surface area contributed by atoms with Crippen LogP contribution >= 0.6 is 0 Å². The fourth-order valence-electron chi connectivity index (χ4n) is 2.39. The third-order valence-corrected chi connectivity index (χ3v) is 3.56. The summed E-state index contributed by atoms with van der Waals surface area (Å²) < 4.78 is 76.9. The first kappa shape index (κ1) is 15.9. The van der Waals surface area contributed by atoms with Crippen LogP contribution in [0.1, 0.15) is 18.4 Å². The van der Waals surface area contributed by atoms with Crippen LogP contribution in [-0.2, 0) is 5.60 Å². The molecule has 1 aliphatic rings. The fourth-order valence-corrected chi connectivity index (χ4v) is 2.39. The zero-order chi connectivity index (χ0) is 15.9. The van der Waals surface area contributed by atoms with Gasteiger partial charge in [0.1, 0.15) is 0 Å². The van der Waals surface area contributed by atoms with Gasteiger partial charge in [-0.05, 0) is 25.0 Å². The van der Waals surface area contributed by atoms with Gasteiger partial charge >= 0.3 is 12.4 Å². The summed E-state index contributed by atoms with van der Waals surface area (Å²) in [5, 5.41) is 9.35. The highest BCUT2D eigenvalue weighted by atomic mass is 19.4. The van der Waals surface area contributed by atoms with Crippen LogP contribution in [0.4, 0.5) is 32.0 Å². The molecule has 0 unspecified atom stereocenters. The molecular weight excluding hydrogens is 300 g/mol. The van der Waals surface area contributed by atoms with E-state index in [4.69, 9.17) is 0 Å². The smallest absolute Gasteiger partial charge is 0.372 e. The van der Waals surface area contributed by atoms with Crippen molar-refractivity contribution in [3.8, 4) is 0 Å². The van der Waals surface area contributed by atoms with Gasteiger partial charge in [-0.25, -0.2) is 0 Å². The van der Waals surface area contributed by atoms with Crippen LogP contribution in [0.2, 0.25) is 0 Å². The van der Waals surface area contributed by atoms with Crippen molar-refractivity contribution in [2.75, 3.05) is 18.0 Å². The van der Waals surface area contributed by atoms with Gasteiger partial charge in [0.15, 0.2) is 0 Å². The van der Waals surface area contributed by atoms with Gasteiger partial charge in [-0.15, -0.1) is 0 Å². The van der Waals surface area contributed by atoms with Crippen LogP contribution in [0.3, 0.4) is 0 Å². The van der Waals surface area contributed by atoms with E-state index in [0.29, 0.717) is 19.2 Å². The first-order valence-corrected chi connectivity index (χ1v) is 6.28. The van der Waals surface area contributed by atoms with Crippen molar-refractivity contribution in [1.82, 2.24) is 0 Å². The standard InChI is InChI=1S/C13H13F6NO/c14-12(15,16)11(21,13(17,18)19)9-4-3-5-10(8-9)20-6-1-2-7-20/h3-5,8,21H,1-2,6-7H2. The molecule has 21 heavy (non-hydrogen) atoms. The summed E-state index contributed by atoms with van der Waals surface area (Å²) in [6.07, 6.45) is -10.1. The normalized spacial score (nSPS) is 17.4. The SMILES string of the molecule is OC(c1cccc(N2CCCC2)c1)(C(F)(F)F)C(F)(F)F. The fraction of sp³-hybridized carbons (Fsp3) is 0.538. The summed E-state index contributed by atoms with van der Waals surface area (Å²) in [5.41, 5.74) is -5.83. The minimum Gasteiger partial charge on any atom is -0.372 e. The minimum absolute atomic E-state index is 0.247. The second kappa shape index (κ2) is 5.08. The highest BCUT2D eigenvalue weighted by Crippen LogP contribution is 2.50. The Kier molecular flexibility index (Phi) is 3.86. The maximum Gasteiger partial charge on any atom is 0.430 e. The topological polar surface area (TPSA) is 23.5 Å². The van der Waals surface area contributed by atoms with Gasteiger partial charge in [0.2, 0.25) is 0 Å². The molecule has 1 heterocycles. The van der Waals surface area contributed by atoms with Crippen LogP contribution < -0.4 is 4.90 Å². The van der Waals surface area contributed by atoms with Crippen molar-refractivity contribution in [1.29, 1.82) is 0 Å². The molecule has 1 aromatic carbocycles. The Morgan fingerprint density at radius 3 is 1.90 bits per heavy atom. The monoisotopic (exact) mass is 313 g/mol. The molecule has 0 radical (unpaired) electrons. The van der Waals surface area contributed by atoms with Crippen LogP contribution in [-0.4, -0.2) is 30.5 Å². The van der Waals surface area contributed by atoms with E-state index in [1.165, 1.54) is 6.07 Å². The molecule has 0 atom stereocenters. The van der Waals surface area contributed by atoms with E-state index in [0.717, 1.165) is 25.0 Å². The Morgan fingerprint density at radius 2 is 1.43 bits per heavy atom. The summed E-state index contributed by atoms with van der Waals surface area (Å²) in [4.78, 5) is 1.69. The van der Waals surface area contributed by atoms with Gasteiger partial charge in [0.05, 0.1) is 0 Å². The molecule has 0 aliphatic carbocycles. The van der Waals surface area contributed by atoms with Crippen molar-refractivity contribution >= 4 is 5.69 Å². The van der Waals surface area contributed by atoms with Gasteiger partial charge < -0.3 is 10.0 Å². The number of hydrogen-bond donors (Lipinski definition) is 1. The van der Waals surface area contributed by atoms with E-state index in [9.17, 15) is 31.4 Å². The van der Waals surface area contributed by atoms with Crippen molar-refractivity contribution in [3.63, 3.8) is 0 Å². The Hall–Kier alpha value is -1.44. The van der Waals surface area contributed by atoms with Gasteiger partial charge in [-0.3, -0.25) is 0 Å². The number of hydrogen-bond acceptors (Lipinski definition) is 2. The van der Waals surface area contributed by atoms with E-state index in [-0.39, 0.29) is 5.69 Å². The molecule has 1 fully saturated rings. The second-order valence-electron chi connectivity index (χ2n) is 4.95. The number of rotatable bonds is 2. The summed E-state index contributed by atoms with van der Waals surface area (Å²) in [5.74, 6) is 0. The van der Waals surface area contributed by atoms with Crippen molar-refractivity contribution in [2.24, 2.45) is 0 Å². The molecule has 2 rings (SSSR count). The predicted molar refractivity (Wildman–Crippen MR) is 63.9 cm³/mol. The van der Waals surface area contributed by atoms with E-state index < -0.39 is 23.5 Å². The van der Waals surface area contributed by atoms with Gasteiger partial charge in [0, 0.05) is 24.3 Å². The maximum atomic E-state index is 12.8. The molecule has 2 nitrogen and oxygen atoms in total. The van der Waals surface area contributed by atoms with Gasteiger partial charge in [-0.1, -0.05) is 12.1 Å². The molecule has 0 aromatic heterocycles. The van der Waals surface area contributed by atoms with Crippen LogP contribution in [0.25, 0.3) is 0 Å². The number of benzene rings is 1. The molecule has 0 bridgehead atoms. The molecule has 1 aromatic rings. The third kappa shape index (κ3) is 2.68. The lowest BCUT2D eigenvalue weighted by molar-refractivity contribution is -0.376. The predicted octanol–water partition coefficient (Wildman–Crippen LogP) is 3.60. The quantitative estimate of drug-likeness (QED) is 0.843. The third-order valence-electron chi connectivity index (χ3n) is 3.56. The first-order chi connectivity index (χ1) is 9.57. The van der Waals surface area contributed by atoms with E-state index in [1.54, 1.807) is 4.90 Å². The van der Waals surface area contributed by atoms with E-state index >= 15 is 0 Å². The molecular formula is C13H13F6NO. The number of alkyl halides is 6. The molecule has 8 heteroatoms. The highest BCUT2D eigenvalue weighted by molar-refractivity contribution is 5.51. The van der Waals surface area contributed by atoms with Gasteiger partial charge in [0.25, 0.3) is 5.60 Å². The summed E-state index contributed by atoms with van der Waals surface area (Å²) in [6, 6.07) is 3.92. The Balaban J connectivity index is 2.49. The van der Waals surface area contributed by atoms with Crippen molar-refractivity contribution in [2.45, 2.75) is 30.8 Å². The molecule has 1 aliphatic heterocycles. The number of nitrogens with zero attached hydrogens (tertiary/aromatic N) is 1. The van der Waals surface area contributed by atoms with Crippen LogP contribution in [0.5, 0.6) is 0 Å². The lowest BCUT2D eigenvalue weighted by atomic mass is 9.92. The van der Waals surface area contributed by atoms with E-state index in [1.807, 2.05) is 0 Å². The summed E-state index contributed by atoms with van der Waals surface area (Å²) in [7, 11) is 0. The molecule has 118 valence electrons. The Labute approximate surface area is 117 Å². The van der Waals surface area contributed by atoms with Gasteiger partial charge in [-0.2, -0.15) is 26.3 Å². The lowest BCUT2D eigenvalue weighted by Crippen LogP contribution is -2.53. The lowest BCUT2D eigenvalue weighted by Gasteiger charge is -2.33.